The quantitative estimate of drug-likeness (QED) is 0.830. The maximum atomic E-state index is 8.66. The van der Waals surface area contributed by atoms with Crippen molar-refractivity contribution in [2.24, 2.45) is 0 Å². The van der Waals surface area contributed by atoms with Crippen molar-refractivity contribution in [3.05, 3.63) is 45.9 Å². The van der Waals surface area contributed by atoms with Crippen LogP contribution in [0, 0.1) is 18.3 Å². The lowest BCUT2D eigenvalue weighted by molar-refractivity contribution is 0.322. The van der Waals surface area contributed by atoms with Crippen molar-refractivity contribution >= 4 is 11.3 Å². The van der Waals surface area contributed by atoms with Gasteiger partial charge in [0.2, 0.25) is 0 Å². The predicted molar refractivity (Wildman–Crippen MR) is 67.2 cm³/mol. The van der Waals surface area contributed by atoms with Gasteiger partial charge in [-0.15, -0.1) is 11.3 Å². The molecule has 3 nitrogen and oxygen atoms in total. The standard InChI is InChI=1S/C13H12N2OS/c1-10-13(17-9-15-10)6-7-16-12-4-2-11(8-14)3-5-12/h2-5,9H,6-7H2,1H3. The Kier molecular flexibility index (Phi) is 3.73. The first-order valence-corrected chi connectivity index (χ1v) is 6.19. The molecule has 0 N–H and O–H groups in total. The third kappa shape index (κ3) is 3.05. The first kappa shape index (κ1) is 11.6. The largest absolute Gasteiger partial charge is 0.493 e. The zero-order valence-corrected chi connectivity index (χ0v) is 10.3. The fraction of sp³-hybridized carbons (Fsp3) is 0.231. The van der Waals surface area contributed by atoms with Crippen molar-refractivity contribution in [1.82, 2.24) is 4.98 Å². The monoisotopic (exact) mass is 244 g/mol. The van der Waals surface area contributed by atoms with E-state index >= 15 is 0 Å². The lowest BCUT2D eigenvalue weighted by Gasteiger charge is -2.05. The molecular formula is C13H12N2OS. The van der Waals surface area contributed by atoms with Crippen molar-refractivity contribution in [2.45, 2.75) is 13.3 Å². The Morgan fingerprint density at radius 3 is 2.71 bits per heavy atom. The highest BCUT2D eigenvalue weighted by molar-refractivity contribution is 7.09. The highest BCUT2D eigenvalue weighted by Gasteiger charge is 2.01. The first-order chi connectivity index (χ1) is 8.29. The summed E-state index contributed by atoms with van der Waals surface area (Å²) in [6.45, 7) is 2.64. The highest BCUT2D eigenvalue weighted by atomic mass is 32.1. The Morgan fingerprint density at radius 2 is 2.12 bits per heavy atom. The van der Waals surface area contributed by atoms with E-state index in [1.165, 1.54) is 4.88 Å². The van der Waals surface area contributed by atoms with Gasteiger partial charge in [-0.2, -0.15) is 5.26 Å². The van der Waals surface area contributed by atoms with E-state index in [2.05, 4.69) is 11.1 Å². The van der Waals surface area contributed by atoms with Gasteiger partial charge >= 0.3 is 0 Å². The van der Waals surface area contributed by atoms with Crippen LogP contribution in [-0.2, 0) is 6.42 Å². The Morgan fingerprint density at radius 1 is 1.35 bits per heavy atom. The van der Waals surface area contributed by atoms with Gasteiger partial charge in [0.15, 0.2) is 0 Å². The van der Waals surface area contributed by atoms with Crippen LogP contribution < -0.4 is 4.74 Å². The SMILES string of the molecule is Cc1ncsc1CCOc1ccc(C#N)cc1. The summed E-state index contributed by atoms with van der Waals surface area (Å²) in [5, 5.41) is 8.66. The van der Waals surface area contributed by atoms with Gasteiger partial charge in [-0.05, 0) is 31.2 Å². The number of aryl methyl sites for hydroxylation is 1. The molecule has 0 aliphatic carbocycles. The minimum absolute atomic E-state index is 0.634. The Hall–Kier alpha value is -1.86. The summed E-state index contributed by atoms with van der Waals surface area (Å²) in [5.41, 5.74) is 3.58. The van der Waals surface area contributed by atoms with Crippen LogP contribution in [0.4, 0.5) is 0 Å². The van der Waals surface area contributed by atoms with Crippen LogP contribution in [0.15, 0.2) is 29.8 Å². The van der Waals surface area contributed by atoms with Gasteiger partial charge in [0.05, 0.1) is 29.4 Å². The number of hydrogen-bond donors (Lipinski definition) is 0. The van der Waals surface area contributed by atoms with Crippen molar-refractivity contribution in [2.75, 3.05) is 6.61 Å². The number of benzene rings is 1. The van der Waals surface area contributed by atoms with E-state index in [4.69, 9.17) is 10.00 Å². The average Bonchev–Trinajstić information content (AvgIpc) is 2.76. The molecule has 0 radical (unpaired) electrons. The maximum absolute atomic E-state index is 8.66. The molecule has 1 aromatic carbocycles. The van der Waals surface area contributed by atoms with E-state index in [1.54, 1.807) is 23.5 Å². The molecule has 1 aromatic heterocycles. The summed E-state index contributed by atoms with van der Waals surface area (Å²) in [4.78, 5) is 5.45. The van der Waals surface area contributed by atoms with Gasteiger partial charge in [0, 0.05) is 11.3 Å². The fourth-order valence-corrected chi connectivity index (χ4v) is 2.22. The van der Waals surface area contributed by atoms with E-state index < -0.39 is 0 Å². The second kappa shape index (κ2) is 5.46. The summed E-state index contributed by atoms with van der Waals surface area (Å²) in [7, 11) is 0. The van der Waals surface area contributed by atoms with Gasteiger partial charge in [-0.25, -0.2) is 4.98 Å². The van der Waals surface area contributed by atoms with Gasteiger partial charge < -0.3 is 4.74 Å². The van der Waals surface area contributed by atoms with Gasteiger partial charge in [-0.3, -0.25) is 0 Å². The van der Waals surface area contributed by atoms with Crippen LogP contribution in [0.3, 0.4) is 0 Å². The van der Waals surface area contributed by atoms with Gasteiger partial charge in [0.1, 0.15) is 5.75 Å². The van der Waals surface area contributed by atoms with Crippen LogP contribution in [0.25, 0.3) is 0 Å². The second-order valence-corrected chi connectivity index (χ2v) is 4.53. The molecule has 0 saturated heterocycles. The third-order valence-electron chi connectivity index (χ3n) is 2.43. The molecular weight excluding hydrogens is 232 g/mol. The smallest absolute Gasteiger partial charge is 0.119 e. The topological polar surface area (TPSA) is 45.9 Å². The molecule has 0 aliphatic heterocycles. The third-order valence-corrected chi connectivity index (χ3v) is 3.42. The number of nitriles is 1. The average molecular weight is 244 g/mol. The summed E-state index contributed by atoms with van der Waals surface area (Å²) >= 11 is 1.66. The first-order valence-electron chi connectivity index (χ1n) is 5.31. The number of aromatic nitrogens is 1. The van der Waals surface area contributed by atoms with Crippen LogP contribution in [0.5, 0.6) is 5.75 Å². The zero-order valence-electron chi connectivity index (χ0n) is 9.51. The number of ether oxygens (including phenoxy) is 1. The van der Waals surface area contributed by atoms with E-state index in [0.717, 1.165) is 17.9 Å². The van der Waals surface area contributed by atoms with Crippen molar-refractivity contribution < 1.29 is 4.74 Å². The Labute approximate surface area is 104 Å². The van der Waals surface area contributed by atoms with Crippen molar-refractivity contribution in [3.8, 4) is 11.8 Å². The van der Waals surface area contributed by atoms with Gasteiger partial charge in [0.25, 0.3) is 0 Å². The van der Waals surface area contributed by atoms with Crippen molar-refractivity contribution in [3.63, 3.8) is 0 Å². The van der Waals surface area contributed by atoms with E-state index in [-0.39, 0.29) is 0 Å². The zero-order chi connectivity index (χ0) is 12.1. The molecule has 0 aliphatic rings. The summed E-state index contributed by atoms with van der Waals surface area (Å²) in [6.07, 6.45) is 0.872. The number of rotatable bonds is 4. The molecule has 0 atom stereocenters. The predicted octanol–water partition coefficient (Wildman–Crippen LogP) is 2.94. The highest BCUT2D eigenvalue weighted by Crippen LogP contribution is 2.15. The summed E-state index contributed by atoms with van der Waals surface area (Å²) < 4.78 is 5.60. The molecule has 17 heavy (non-hydrogen) atoms. The summed E-state index contributed by atoms with van der Waals surface area (Å²) in [6, 6.07) is 9.23. The Balaban J connectivity index is 1.86. The van der Waals surface area contributed by atoms with Crippen LogP contribution in [-0.4, -0.2) is 11.6 Å². The van der Waals surface area contributed by atoms with Crippen LogP contribution >= 0.6 is 11.3 Å². The fourth-order valence-electron chi connectivity index (χ4n) is 1.45. The van der Waals surface area contributed by atoms with Crippen LogP contribution in [0.2, 0.25) is 0 Å². The Bertz CT molecular complexity index is 525. The maximum Gasteiger partial charge on any atom is 0.119 e. The molecule has 86 valence electrons. The molecule has 0 spiro atoms. The van der Waals surface area contributed by atoms with Crippen molar-refractivity contribution in [1.29, 1.82) is 5.26 Å². The lowest BCUT2D eigenvalue weighted by Crippen LogP contribution is -2.01. The number of nitrogens with zero attached hydrogens (tertiary/aromatic N) is 2. The molecule has 2 aromatic rings. The second-order valence-electron chi connectivity index (χ2n) is 3.60. The molecule has 0 amide bonds. The molecule has 2 rings (SSSR count). The van der Waals surface area contributed by atoms with E-state index in [0.29, 0.717) is 12.2 Å². The normalized spacial score (nSPS) is 9.88. The van der Waals surface area contributed by atoms with Gasteiger partial charge in [-0.1, -0.05) is 0 Å². The minimum Gasteiger partial charge on any atom is -0.493 e. The number of hydrogen-bond acceptors (Lipinski definition) is 4. The van der Waals surface area contributed by atoms with E-state index in [9.17, 15) is 0 Å². The molecule has 4 heteroatoms. The van der Waals surface area contributed by atoms with E-state index in [1.807, 2.05) is 24.6 Å². The molecule has 0 saturated carbocycles. The number of thiazole rings is 1. The lowest BCUT2D eigenvalue weighted by atomic mass is 10.2. The molecule has 0 fully saturated rings. The summed E-state index contributed by atoms with van der Waals surface area (Å²) in [5.74, 6) is 0.797. The molecule has 0 bridgehead atoms. The minimum atomic E-state index is 0.634. The molecule has 0 unspecified atom stereocenters. The van der Waals surface area contributed by atoms with Crippen LogP contribution in [0.1, 0.15) is 16.1 Å². The molecule has 1 heterocycles.